The predicted octanol–water partition coefficient (Wildman–Crippen LogP) is 2.39. The highest BCUT2D eigenvalue weighted by molar-refractivity contribution is 7.97. The Labute approximate surface area is 161 Å². The van der Waals surface area contributed by atoms with Gasteiger partial charge in [-0.1, -0.05) is 20.8 Å². The number of aliphatic imine (C=N–C) groups is 1. The maximum Gasteiger partial charge on any atom is 0.265 e. The van der Waals surface area contributed by atoms with Gasteiger partial charge in [-0.2, -0.15) is 4.99 Å². The van der Waals surface area contributed by atoms with E-state index in [1.165, 1.54) is 11.9 Å². The Morgan fingerprint density at radius 2 is 1.92 bits per heavy atom. The Kier molecular flexibility index (Phi) is 6.76. The van der Waals surface area contributed by atoms with Crippen molar-refractivity contribution in [3.8, 4) is 0 Å². The fraction of sp³-hybridized carbons (Fsp3) is 0.500. The summed E-state index contributed by atoms with van der Waals surface area (Å²) in [7, 11) is -1.01. The minimum absolute atomic E-state index is 0.00920. The first-order chi connectivity index (χ1) is 12.1. The van der Waals surface area contributed by atoms with Crippen LogP contribution in [0.2, 0.25) is 0 Å². The lowest BCUT2D eigenvalue weighted by Crippen LogP contribution is -2.48. The maximum absolute atomic E-state index is 12.3. The molecule has 1 fully saturated rings. The number of amidine groups is 1. The first-order valence-corrected chi connectivity index (χ1v) is 10.7. The second-order valence-corrected chi connectivity index (χ2v) is 9.76. The monoisotopic (exact) mass is 395 g/mol. The zero-order valence-corrected chi connectivity index (χ0v) is 17.2. The molecule has 0 bridgehead atoms. The summed E-state index contributed by atoms with van der Waals surface area (Å²) in [4.78, 5) is 30.0. The number of rotatable bonds is 6. The van der Waals surface area contributed by atoms with Gasteiger partial charge >= 0.3 is 0 Å². The molecule has 1 heterocycles. The normalized spacial score (nSPS) is 19.7. The molecule has 1 saturated heterocycles. The third-order valence-electron chi connectivity index (χ3n) is 4.07. The highest BCUT2D eigenvalue weighted by atomic mass is 32.2. The van der Waals surface area contributed by atoms with Gasteiger partial charge in [0.05, 0.1) is 6.42 Å². The Morgan fingerprint density at radius 1 is 1.31 bits per heavy atom. The van der Waals surface area contributed by atoms with E-state index in [2.05, 4.69) is 4.99 Å². The van der Waals surface area contributed by atoms with Gasteiger partial charge in [0.25, 0.3) is 5.91 Å². The number of amides is 1. The van der Waals surface area contributed by atoms with Crippen LogP contribution < -0.4 is 5.73 Å². The minimum atomic E-state index is -1.01. The molecule has 0 aromatic heterocycles. The molecule has 2 atom stereocenters. The molecule has 8 heteroatoms. The second kappa shape index (κ2) is 8.45. The van der Waals surface area contributed by atoms with Crippen molar-refractivity contribution >= 4 is 40.3 Å². The standard InChI is InChI=1S/C18H25N3O3S2/c1-18(2,3)15(22)11-16(19)20-17(23)14-9-10-21(14)25-12-5-7-13(8-6-12)26(4)24/h5-8,14H,9-11H2,1-4H3,(H2,19,20,23). The summed E-state index contributed by atoms with van der Waals surface area (Å²) in [6.45, 7) is 6.22. The highest BCUT2D eigenvalue weighted by Crippen LogP contribution is 2.33. The third kappa shape index (κ3) is 5.49. The van der Waals surface area contributed by atoms with E-state index in [4.69, 9.17) is 5.73 Å². The molecule has 2 N–H and O–H groups in total. The minimum Gasteiger partial charge on any atom is -0.387 e. The van der Waals surface area contributed by atoms with Gasteiger partial charge in [0.2, 0.25) is 0 Å². The van der Waals surface area contributed by atoms with Crippen LogP contribution in [-0.2, 0) is 20.4 Å². The molecule has 0 aliphatic carbocycles. The quantitative estimate of drug-likeness (QED) is 0.452. The van der Waals surface area contributed by atoms with Crippen LogP contribution in [0.4, 0.5) is 0 Å². The molecule has 1 aromatic carbocycles. The summed E-state index contributed by atoms with van der Waals surface area (Å²) >= 11 is 1.47. The number of nitrogens with two attached hydrogens (primary N) is 1. The van der Waals surface area contributed by atoms with Gasteiger partial charge in [-0.15, -0.1) is 0 Å². The van der Waals surface area contributed by atoms with Gasteiger partial charge in [-0.25, -0.2) is 4.31 Å². The van der Waals surface area contributed by atoms with Crippen molar-refractivity contribution < 1.29 is 13.8 Å². The van der Waals surface area contributed by atoms with E-state index in [0.29, 0.717) is 6.42 Å². The van der Waals surface area contributed by atoms with Crippen molar-refractivity contribution in [2.75, 3.05) is 12.8 Å². The summed E-state index contributed by atoms with van der Waals surface area (Å²) in [5.74, 6) is -0.282. The smallest absolute Gasteiger partial charge is 0.265 e. The molecule has 2 rings (SSSR count). The predicted molar refractivity (Wildman–Crippen MR) is 105 cm³/mol. The van der Waals surface area contributed by atoms with E-state index in [9.17, 15) is 13.8 Å². The summed E-state index contributed by atoms with van der Waals surface area (Å²) in [6, 6.07) is 7.09. The number of hydrogen-bond donors (Lipinski definition) is 1. The van der Waals surface area contributed by atoms with Crippen LogP contribution in [0.1, 0.15) is 33.6 Å². The first kappa shape index (κ1) is 20.8. The average Bonchev–Trinajstić information content (AvgIpc) is 2.50. The largest absolute Gasteiger partial charge is 0.387 e. The van der Waals surface area contributed by atoms with Crippen LogP contribution in [0, 0.1) is 5.41 Å². The number of carbonyl (C=O) groups is 2. The second-order valence-electron chi connectivity index (χ2n) is 7.25. The van der Waals surface area contributed by atoms with E-state index < -0.39 is 16.2 Å². The Morgan fingerprint density at radius 3 is 2.38 bits per heavy atom. The van der Waals surface area contributed by atoms with Gasteiger partial charge in [0.15, 0.2) is 0 Å². The number of ketones is 1. The lowest BCUT2D eigenvalue weighted by atomic mass is 9.89. The van der Waals surface area contributed by atoms with Crippen molar-refractivity contribution in [1.29, 1.82) is 0 Å². The fourth-order valence-corrected chi connectivity index (χ4v) is 3.80. The molecule has 0 radical (unpaired) electrons. The van der Waals surface area contributed by atoms with E-state index >= 15 is 0 Å². The summed E-state index contributed by atoms with van der Waals surface area (Å²) < 4.78 is 13.4. The molecule has 2 unspecified atom stereocenters. The Bertz CT molecular complexity index is 739. The summed E-state index contributed by atoms with van der Waals surface area (Å²) in [5.41, 5.74) is 5.28. The lowest BCUT2D eigenvalue weighted by Gasteiger charge is -2.37. The van der Waals surface area contributed by atoms with E-state index in [1.54, 1.807) is 6.26 Å². The molecule has 1 aliphatic rings. The van der Waals surface area contributed by atoms with Crippen LogP contribution in [0.15, 0.2) is 39.0 Å². The van der Waals surface area contributed by atoms with Crippen molar-refractivity contribution in [3.05, 3.63) is 24.3 Å². The zero-order valence-electron chi connectivity index (χ0n) is 15.5. The SMILES string of the molecule is CS(=O)c1ccc(SN2CCC2C(=O)N=C(N)CC(=O)C(C)(C)C)cc1. The zero-order chi connectivity index (χ0) is 19.5. The van der Waals surface area contributed by atoms with Crippen LogP contribution in [0.3, 0.4) is 0 Å². The van der Waals surface area contributed by atoms with Gasteiger partial charge in [0, 0.05) is 38.8 Å². The molecular weight excluding hydrogens is 370 g/mol. The first-order valence-electron chi connectivity index (χ1n) is 8.36. The van der Waals surface area contributed by atoms with Crippen LogP contribution in [0.25, 0.3) is 0 Å². The molecule has 142 valence electrons. The molecule has 1 amide bonds. The molecular formula is C18H25N3O3S2. The van der Waals surface area contributed by atoms with E-state index in [0.717, 1.165) is 16.3 Å². The number of benzene rings is 1. The number of carbonyl (C=O) groups excluding carboxylic acids is 2. The summed E-state index contributed by atoms with van der Waals surface area (Å²) in [5, 5.41) is 0. The maximum atomic E-state index is 12.3. The number of nitrogens with zero attached hydrogens (tertiary/aromatic N) is 2. The fourth-order valence-electron chi connectivity index (χ4n) is 2.23. The van der Waals surface area contributed by atoms with Gasteiger partial charge in [0.1, 0.15) is 17.7 Å². The molecule has 6 nitrogen and oxygen atoms in total. The Hall–Kier alpha value is -1.51. The van der Waals surface area contributed by atoms with Crippen molar-refractivity contribution in [1.82, 2.24) is 4.31 Å². The van der Waals surface area contributed by atoms with Crippen molar-refractivity contribution in [2.45, 2.75) is 49.4 Å². The topological polar surface area (TPSA) is 92.8 Å². The van der Waals surface area contributed by atoms with Crippen LogP contribution in [0.5, 0.6) is 0 Å². The summed E-state index contributed by atoms with van der Waals surface area (Å²) in [6.07, 6.45) is 2.34. The van der Waals surface area contributed by atoms with Crippen molar-refractivity contribution in [2.24, 2.45) is 16.1 Å². The van der Waals surface area contributed by atoms with Crippen LogP contribution >= 0.6 is 11.9 Å². The van der Waals surface area contributed by atoms with Gasteiger partial charge < -0.3 is 5.73 Å². The third-order valence-corrected chi connectivity index (χ3v) is 6.16. The van der Waals surface area contributed by atoms with Crippen molar-refractivity contribution in [3.63, 3.8) is 0 Å². The number of Topliss-reactive ketones (excluding diaryl/α,β-unsaturated/α-hetero) is 1. The molecule has 26 heavy (non-hydrogen) atoms. The Balaban J connectivity index is 1.94. The number of hydrogen-bond acceptors (Lipinski definition) is 5. The van der Waals surface area contributed by atoms with Gasteiger partial charge in [-0.05, 0) is 42.6 Å². The average molecular weight is 396 g/mol. The lowest BCUT2D eigenvalue weighted by molar-refractivity contribution is -0.125. The molecule has 1 aromatic rings. The van der Waals surface area contributed by atoms with Gasteiger partial charge in [-0.3, -0.25) is 13.8 Å². The van der Waals surface area contributed by atoms with Crippen LogP contribution in [-0.4, -0.2) is 44.9 Å². The highest BCUT2D eigenvalue weighted by Gasteiger charge is 2.35. The van der Waals surface area contributed by atoms with E-state index in [1.807, 2.05) is 49.3 Å². The molecule has 1 aliphatic heterocycles. The van der Waals surface area contributed by atoms with E-state index in [-0.39, 0.29) is 30.0 Å². The molecule has 0 spiro atoms. The molecule has 0 saturated carbocycles.